The maximum Gasteiger partial charge on any atom is 0.255 e. The van der Waals surface area contributed by atoms with Crippen molar-refractivity contribution in [2.24, 2.45) is 0 Å². The zero-order chi connectivity index (χ0) is 13.8. The van der Waals surface area contributed by atoms with Gasteiger partial charge in [-0.05, 0) is 26.0 Å². The van der Waals surface area contributed by atoms with E-state index in [1.165, 1.54) is 0 Å². The maximum absolute atomic E-state index is 12.0. The summed E-state index contributed by atoms with van der Waals surface area (Å²) in [6.07, 6.45) is 0. The van der Waals surface area contributed by atoms with Crippen LogP contribution in [0.1, 0.15) is 21.7 Å². The number of amides is 1. The molecule has 0 radical (unpaired) electrons. The lowest BCUT2D eigenvalue weighted by molar-refractivity contribution is 0.0943. The Balaban J connectivity index is 2.38. The third kappa shape index (κ3) is 2.66. The molecule has 0 fully saturated rings. The number of aryl methyl sites for hydroxylation is 1. The van der Waals surface area contributed by atoms with Gasteiger partial charge in [-0.2, -0.15) is 5.10 Å². The van der Waals surface area contributed by atoms with Crippen molar-refractivity contribution < 1.29 is 9.90 Å². The van der Waals surface area contributed by atoms with E-state index < -0.39 is 0 Å². The predicted octanol–water partition coefficient (Wildman–Crippen LogP) is 1.21. The molecule has 5 heteroatoms. The van der Waals surface area contributed by atoms with Crippen LogP contribution in [-0.4, -0.2) is 33.9 Å². The van der Waals surface area contributed by atoms with E-state index in [-0.39, 0.29) is 19.1 Å². The molecule has 0 aliphatic carbocycles. The molecule has 2 rings (SSSR count). The molecule has 0 unspecified atom stereocenters. The van der Waals surface area contributed by atoms with Crippen molar-refractivity contribution >= 4 is 5.91 Å². The number of aliphatic hydroxyl groups is 1. The zero-order valence-corrected chi connectivity index (χ0v) is 11.1. The van der Waals surface area contributed by atoms with Crippen molar-refractivity contribution in [3.8, 4) is 5.69 Å². The average Bonchev–Trinajstić information content (AvgIpc) is 2.72. The lowest BCUT2D eigenvalue weighted by Gasteiger charge is -2.05. The normalized spacial score (nSPS) is 10.5. The van der Waals surface area contributed by atoms with E-state index in [0.717, 1.165) is 11.4 Å². The number of carbonyl (C=O) groups is 1. The van der Waals surface area contributed by atoms with E-state index in [1.807, 2.05) is 37.3 Å². The second-order valence-electron chi connectivity index (χ2n) is 4.27. The number of aliphatic hydroxyl groups excluding tert-OH is 1. The monoisotopic (exact) mass is 259 g/mol. The summed E-state index contributed by atoms with van der Waals surface area (Å²) in [6.45, 7) is 3.84. The molecule has 5 nitrogen and oxygen atoms in total. The van der Waals surface area contributed by atoms with Gasteiger partial charge in [0, 0.05) is 6.54 Å². The summed E-state index contributed by atoms with van der Waals surface area (Å²) in [5, 5.41) is 15.8. The molecule has 1 amide bonds. The lowest BCUT2D eigenvalue weighted by Crippen LogP contribution is -2.27. The van der Waals surface area contributed by atoms with E-state index in [2.05, 4.69) is 10.4 Å². The van der Waals surface area contributed by atoms with Gasteiger partial charge in [0.15, 0.2) is 0 Å². The summed E-state index contributed by atoms with van der Waals surface area (Å²) in [4.78, 5) is 12.0. The highest BCUT2D eigenvalue weighted by atomic mass is 16.3. The van der Waals surface area contributed by atoms with Gasteiger partial charge >= 0.3 is 0 Å². The number of hydrogen-bond acceptors (Lipinski definition) is 3. The first-order chi connectivity index (χ1) is 9.15. The molecule has 1 heterocycles. The Hall–Kier alpha value is -2.14. The number of para-hydroxylation sites is 1. The van der Waals surface area contributed by atoms with E-state index in [1.54, 1.807) is 11.6 Å². The fourth-order valence-corrected chi connectivity index (χ4v) is 2.05. The number of nitrogens with zero attached hydrogens (tertiary/aromatic N) is 2. The van der Waals surface area contributed by atoms with Crippen LogP contribution in [-0.2, 0) is 0 Å². The summed E-state index contributed by atoms with van der Waals surface area (Å²) >= 11 is 0. The molecule has 0 aliphatic rings. The highest BCUT2D eigenvalue weighted by Gasteiger charge is 2.18. The van der Waals surface area contributed by atoms with E-state index in [0.29, 0.717) is 11.3 Å². The van der Waals surface area contributed by atoms with Crippen LogP contribution in [0.5, 0.6) is 0 Å². The van der Waals surface area contributed by atoms with E-state index >= 15 is 0 Å². The van der Waals surface area contributed by atoms with Gasteiger partial charge < -0.3 is 10.4 Å². The van der Waals surface area contributed by atoms with Gasteiger partial charge in [-0.3, -0.25) is 4.79 Å². The minimum Gasteiger partial charge on any atom is -0.395 e. The molecule has 0 aliphatic heterocycles. The molecular weight excluding hydrogens is 242 g/mol. The average molecular weight is 259 g/mol. The van der Waals surface area contributed by atoms with Crippen molar-refractivity contribution in [1.82, 2.24) is 15.1 Å². The Morgan fingerprint density at radius 1 is 1.32 bits per heavy atom. The van der Waals surface area contributed by atoms with Crippen LogP contribution in [0.4, 0.5) is 0 Å². The van der Waals surface area contributed by atoms with Gasteiger partial charge in [0.1, 0.15) is 0 Å². The topological polar surface area (TPSA) is 67.2 Å². The quantitative estimate of drug-likeness (QED) is 0.867. The number of benzene rings is 1. The molecule has 100 valence electrons. The van der Waals surface area contributed by atoms with Gasteiger partial charge in [-0.1, -0.05) is 18.2 Å². The summed E-state index contributed by atoms with van der Waals surface area (Å²) in [7, 11) is 0. The molecule has 0 spiro atoms. The second-order valence-corrected chi connectivity index (χ2v) is 4.27. The van der Waals surface area contributed by atoms with Crippen LogP contribution in [0.2, 0.25) is 0 Å². The molecule has 0 saturated heterocycles. The van der Waals surface area contributed by atoms with Crippen LogP contribution >= 0.6 is 0 Å². The minimum absolute atomic E-state index is 0.0728. The van der Waals surface area contributed by atoms with Crippen LogP contribution in [0.25, 0.3) is 5.69 Å². The van der Waals surface area contributed by atoms with Crippen molar-refractivity contribution in [2.75, 3.05) is 13.2 Å². The molecule has 0 atom stereocenters. The van der Waals surface area contributed by atoms with Gasteiger partial charge in [0.2, 0.25) is 0 Å². The number of aromatic nitrogens is 2. The van der Waals surface area contributed by atoms with Crippen molar-refractivity contribution in [3.05, 3.63) is 47.3 Å². The molecule has 1 aromatic carbocycles. The standard InChI is InChI=1S/C14H17N3O2/c1-10-13(14(19)15-8-9-18)11(2)17(16-10)12-6-4-3-5-7-12/h3-7,18H,8-9H2,1-2H3,(H,15,19). The largest absolute Gasteiger partial charge is 0.395 e. The summed E-state index contributed by atoms with van der Waals surface area (Å²) < 4.78 is 1.75. The van der Waals surface area contributed by atoms with Gasteiger partial charge in [0.25, 0.3) is 5.91 Å². The smallest absolute Gasteiger partial charge is 0.255 e. The van der Waals surface area contributed by atoms with Crippen LogP contribution in [0.15, 0.2) is 30.3 Å². The third-order valence-electron chi connectivity index (χ3n) is 2.92. The molecule has 1 aromatic heterocycles. The minimum atomic E-state index is -0.203. The van der Waals surface area contributed by atoms with Crippen molar-refractivity contribution in [3.63, 3.8) is 0 Å². The number of hydrogen-bond donors (Lipinski definition) is 2. The first kappa shape index (κ1) is 13.3. The van der Waals surface area contributed by atoms with Crippen LogP contribution in [0.3, 0.4) is 0 Å². The van der Waals surface area contributed by atoms with Crippen LogP contribution < -0.4 is 5.32 Å². The lowest BCUT2D eigenvalue weighted by atomic mass is 10.2. The Bertz CT molecular complexity index is 576. The van der Waals surface area contributed by atoms with Gasteiger partial charge in [-0.15, -0.1) is 0 Å². The van der Waals surface area contributed by atoms with Crippen LogP contribution in [0, 0.1) is 13.8 Å². The summed E-state index contributed by atoms with van der Waals surface area (Å²) in [5.74, 6) is -0.203. The van der Waals surface area contributed by atoms with E-state index in [4.69, 9.17) is 5.11 Å². The highest BCUT2D eigenvalue weighted by molar-refractivity contribution is 5.96. The highest BCUT2D eigenvalue weighted by Crippen LogP contribution is 2.17. The Labute approximate surface area is 111 Å². The second kappa shape index (κ2) is 5.67. The molecule has 19 heavy (non-hydrogen) atoms. The Kier molecular flexibility index (Phi) is 3.97. The summed E-state index contributed by atoms with van der Waals surface area (Å²) in [6, 6.07) is 9.67. The van der Waals surface area contributed by atoms with Crippen molar-refractivity contribution in [1.29, 1.82) is 0 Å². The number of carbonyl (C=O) groups excluding carboxylic acids is 1. The van der Waals surface area contributed by atoms with E-state index in [9.17, 15) is 4.79 Å². The molecule has 2 N–H and O–H groups in total. The molecule has 0 bridgehead atoms. The fraction of sp³-hybridized carbons (Fsp3) is 0.286. The Morgan fingerprint density at radius 2 is 2.00 bits per heavy atom. The van der Waals surface area contributed by atoms with Crippen molar-refractivity contribution in [2.45, 2.75) is 13.8 Å². The first-order valence-corrected chi connectivity index (χ1v) is 6.16. The number of rotatable bonds is 4. The first-order valence-electron chi connectivity index (χ1n) is 6.16. The number of nitrogens with one attached hydrogen (secondary N) is 1. The molecular formula is C14H17N3O2. The summed E-state index contributed by atoms with van der Waals surface area (Å²) in [5.41, 5.74) is 2.96. The molecule has 0 saturated carbocycles. The fourth-order valence-electron chi connectivity index (χ4n) is 2.05. The van der Waals surface area contributed by atoms with Gasteiger partial charge in [-0.25, -0.2) is 4.68 Å². The SMILES string of the molecule is Cc1nn(-c2ccccc2)c(C)c1C(=O)NCCO. The van der Waals surface area contributed by atoms with Gasteiger partial charge in [0.05, 0.1) is 29.2 Å². The maximum atomic E-state index is 12.0. The Morgan fingerprint density at radius 3 is 2.63 bits per heavy atom. The third-order valence-corrected chi connectivity index (χ3v) is 2.92. The molecule has 2 aromatic rings. The predicted molar refractivity (Wildman–Crippen MR) is 72.5 cm³/mol. The zero-order valence-electron chi connectivity index (χ0n) is 11.1.